The molecule has 0 fully saturated rings. The Morgan fingerprint density at radius 3 is 2.72 bits per heavy atom. The minimum Gasteiger partial charge on any atom is -0.397 e. The van der Waals surface area contributed by atoms with Crippen molar-refractivity contribution in [2.24, 2.45) is 7.05 Å². The molecule has 8 heteroatoms. The van der Waals surface area contributed by atoms with Crippen LogP contribution < -0.4 is 10.5 Å². The van der Waals surface area contributed by atoms with Crippen molar-refractivity contribution in [3.05, 3.63) is 35.6 Å². The van der Waals surface area contributed by atoms with Crippen molar-refractivity contribution in [1.29, 1.82) is 0 Å². The molecule has 0 aliphatic carbocycles. The fraction of sp³-hybridized carbons (Fsp3) is 0.100. The van der Waals surface area contributed by atoms with Crippen LogP contribution in [0.5, 0.6) is 0 Å². The van der Waals surface area contributed by atoms with E-state index in [4.69, 9.17) is 17.3 Å². The second-order valence-corrected chi connectivity index (χ2v) is 5.78. The molecule has 0 atom stereocenters. The molecule has 0 saturated heterocycles. The predicted molar refractivity (Wildman–Crippen MR) is 69.9 cm³/mol. The molecule has 2 rings (SSSR count). The van der Waals surface area contributed by atoms with Gasteiger partial charge in [-0.2, -0.15) is 5.10 Å². The molecule has 1 aromatic carbocycles. The van der Waals surface area contributed by atoms with E-state index < -0.39 is 10.0 Å². The number of hydrogen-bond acceptors (Lipinski definition) is 4. The highest BCUT2D eigenvalue weighted by Crippen LogP contribution is 2.23. The summed E-state index contributed by atoms with van der Waals surface area (Å²) in [6.07, 6.45) is 2.97. The van der Waals surface area contributed by atoms with Gasteiger partial charge in [-0.3, -0.25) is 9.40 Å². The summed E-state index contributed by atoms with van der Waals surface area (Å²) >= 11 is 5.74. The SMILES string of the molecule is Cn1cc(NS(=O)(=O)c2ccc(Cl)c(N)c2)cn1. The fourth-order valence-corrected chi connectivity index (χ4v) is 2.56. The number of nitrogen functional groups attached to an aromatic ring is 1. The van der Waals surface area contributed by atoms with Crippen LogP contribution in [0, 0.1) is 0 Å². The predicted octanol–water partition coefficient (Wildman–Crippen LogP) is 1.46. The van der Waals surface area contributed by atoms with E-state index in [1.54, 1.807) is 13.2 Å². The molecule has 0 spiro atoms. The zero-order valence-electron chi connectivity index (χ0n) is 9.46. The highest BCUT2D eigenvalue weighted by atomic mass is 35.5. The first-order valence-electron chi connectivity index (χ1n) is 4.95. The number of nitrogens with zero attached hydrogens (tertiary/aromatic N) is 2. The topological polar surface area (TPSA) is 90.0 Å². The highest BCUT2D eigenvalue weighted by Gasteiger charge is 2.16. The third-order valence-electron chi connectivity index (χ3n) is 2.23. The van der Waals surface area contributed by atoms with Crippen molar-refractivity contribution in [2.45, 2.75) is 4.90 Å². The maximum atomic E-state index is 12.0. The molecule has 0 amide bonds. The summed E-state index contributed by atoms with van der Waals surface area (Å²) < 4.78 is 27.9. The number of benzene rings is 1. The highest BCUT2D eigenvalue weighted by molar-refractivity contribution is 7.92. The maximum Gasteiger partial charge on any atom is 0.262 e. The normalized spacial score (nSPS) is 11.4. The first-order chi connectivity index (χ1) is 8.38. The van der Waals surface area contributed by atoms with Crippen LogP contribution in [0.2, 0.25) is 5.02 Å². The number of aryl methyl sites for hydroxylation is 1. The van der Waals surface area contributed by atoms with Crippen LogP contribution >= 0.6 is 11.6 Å². The van der Waals surface area contributed by atoms with Crippen LogP contribution in [-0.2, 0) is 17.1 Å². The lowest BCUT2D eigenvalue weighted by Crippen LogP contribution is -2.12. The summed E-state index contributed by atoms with van der Waals surface area (Å²) in [7, 11) is -1.99. The molecule has 2 aromatic rings. The van der Waals surface area contributed by atoms with Crippen LogP contribution in [-0.4, -0.2) is 18.2 Å². The van der Waals surface area contributed by atoms with Crippen LogP contribution in [0.25, 0.3) is 0 Å². The van der Waals surface area contributed by atoms with E-state index >= 15 is 0 Å². The van der Waals surface area contributed by atoms with E-state index in [1.807, 2.05) is 0 Å². The lowest BCUT2D eigenvalue weighted by Gasteiger charge is -2.07. The number of sulfonamides is 1. The number of hydrogen-bond donors (Lipinski definition) is 2. The second kappa shape index (κ2) is 4.51. The lowest BCUT2D eigenvalue weighted by atomic mass is 10.3. The van der Waals surface area contributed by atoms with E-state index in [0.717, 1.165) is 0 Å². The van der Waals surface area contributed by atoms with Gasteiger partial charge in [0.2, 0.25) is 0 Å². The Hall–Kier alpha value is -1.73. The van der Waals surface area contributed by atoms with Crippen LogP contribution in [0.4, 0.5) is 11.4 Å². The summed E-state index contributed by atoms with van der Waals surface area (Å²) in [4.78, 5) is 0.0493. The van der Waals surface area contributed by atoms with Gasteiger partial charge < -0.3 is 5.73 Å². The molecule has 3 N–H and O–H groups in total. The minimum atomic E-state index is -3.68. The molecule has 0 bridgehead atoms. The fourth-order valence-electron chi connectivity index (χ4n) is 1.38. The minimum absolute atomic E-state index is 0.0493. The molecule has 0 saturated carbocycles. The first kappa shape index (κ1) is 12.7. The number of nitrogens with two attached hydrogens (primary N) is 1. The molecule has 96 valence electrons. The van der Waals surface area contributed by atoms with Crippen molar-refractivity contribution in [3.8, 4) is 0 Å². The van der Waals surface area contributed by atoms with E-state index in [9.17, 15) is 8.42 Å². The van der Waals surface area contributed by atoms with Crippen molar-refractivity contribution < 1.29 is 8.42 Å². The van der Waals surface area contributed by atoms with E-state index in [2.05, 4.69) is 9.82 Å². The zero-order valence-corrected chi connectivity index (χ0v) is 11.0. The lowest BCUT2D eigenvalue weighted by molar-refractivity contribution is 0.601. The van der Waals surface area contributed by atoms with Gasteiger partial charge in [0, 0.05) is 13.2 Å². The van der Waals surface area contributed by atoms with Crippen molar-refractivity contribution >= 4 is 33.0 Å². The number of aromatic nitrogens is 2. The molecule has 18 heavy (non-hydrogen) atoms. The van der Waals surface area contributed by atoms with Gasteiger partial charge in [-0.05, 0) is 18.2 Å². The Kier molecular flexibility index (Phi) is 3.18. The number of rotatable bonds is 3. The Bertz CT molecular complexity index is 681. The summed E-state index contributed by atoms with van der Waals surface area (Å²) in [5.41, 5.74) is 6.17. The molecule has 0 aliphatic rings. The molecule has 6 nitrogen and oxygen atoms in total. The third kappa shape index (κ3) is 2.57. The van der Waals surface area contributed by atoms with Crippen LogP contribution in [0.15, 0.2) is 35.5 Å². The summed E-state index contributed by atoms with van der Waals surface area (Å²) in [5, 5.41) is 4.19. The first-order valence-corrected chi connectivity index (χ1v) is 6.81. The molecule has 0 radical (unpaired) electrons. The standard InChI is InChI=1S/C10H11ClN4O2S/c1-15-6-7(5-13-15)14-18(16,17)8-2-3-9(11)10(12)4-8/h2-6,14H,12H2,1H3. The molecule has 0 aliphatic heterocycles. The van der Waals surface area contributed by atoms with Gasteiger partial charge in [0.1, 0.15) is 0 Å². The summed E-state index contributed by atoms with van der Waals surface area (Å²) in [5.74, 6) is 0. The molecule has 1 aromatic heterocycles. The average molecular weight is 287 g/mol. The van der Waals surface area contributed by atoms with Crippen LogP contribution in [0.3, 0.4) is 0 Å². The van der Waals surface area contributed by atoms with Gasteiger partial charge in [0.05, 0.1) is 27.5 Å². The van der Waals surface area contributed by atoms with Gasteiger partial charge in [0.15, 0.2) is 0 Å². The third-order valence-corrected chi connectivity index (χ3v) is 3.96. The molecule has 0 unspecified atom stereocenters. The molecular formula is C10H11ClN4O2S. The molecule has 1 heterocycles. The number of nitrogens with one attached hydrogen (secondary N) is 1. The Labute approximate surface area is 109 Å². The monoisotopic (exact) mass is 286 g/mol. The maximum absolute atomic E-state index is 12.0. The van der Waals surface area contributed by atoms with E-state index in [1.165, 1.54) is 29.1 Å². The zero-order chi connectivity index (χ0) is 13.3. The number of halogens is 1. The van der Waals surface area contributed by atoms with Crippen molar-refractivity contribution in [3.63, 3.8) is 0 Å². The average Bonchev–Trinajstić information content (AvgIpc) is 2.67. The Morgan fingerprint density at radius 2 is 2.17 bits per heavy atom. The van der Waals surface area contributed by atoms with Gasteiger partial charge in [0.25, 0.3) is 10.0 Å². The Balaban J connectivity index is 2.33. The largest absolute Gasteiger partial charge is 0.397 e. The van der Waals surface area contributed by atoms with Gasteiger partial charge in [-0.25, -0.2) is 8.42 Å². The summed E-state index contributed by atoms with van der Waals surface area (Å²) in [6.45, 7) is 0. The van der Waals surface area contributed by atoms with Gasteiger partial charge in [-0.15, -0.1) is 0 Å². The summed E-state index contributed by atoms with van der Waals surface area (Å²) in [6, 6.07) is 4.13. The quantitative estimate of drug-likeness (QED) is 0.836. The van der Waals surface area contributed by atoms with Crippen LogP contribution in [0.1, 0.15) is 0 Å². The van der Waals surface area contributed by atoms with Crippen molar-refractivity contribution in [2.75, 3.05) is 10.5 Å². The smallest absolute Gasteiger partial charge is 0.262 e. The number of anilines is 2. The van der Waals surface area contributed by atoms with Crippen molar-refractivity contribution in [1.82, 2.24) is 9.78 Å². The van der Waals surface area contributed by atoms with E-state index in [-0.39, 0.29) is 10.6 Å². The second-order valence-electron chi connectivity index (χ2n) is 3.69. The van der Waals surface area contributed by atoms with Gasteiger partial charge >= 0.3 is 0 Å². The molecular weight excluding hydrogens is 276 g/mol. The van der Waals surface area contributed by atoms with Gasteiger partial charge in [-0.1, -0.05) is 11.6 Å². The van der Waals surface area contributed by atoms with E-state index in [0.29, 0.717) is 10.7 Å². The Morgan fingerprint density at radius 1 is 1.44 bits per heavy atom.